The van der Waals surface area contributed by atoms with Crippen molar-refractivity contribution in [3.8, 4) is 0 Å². The first-order valence-electron chi connectivity index (χ1n) is 6.49. The second-order valence-corrected chi connectivity index (χ2v) is 4.62. The Bertz CT molecular complexity index is 448. The maximum atomic E-state index is 9.55. The van der Waals surface area contributed by atoms with Crippen LogP contribution in [0.3, 0.4) is 0 Å². The quantitative estimate of drug-likeness (QED) is 0.246. The van der Waals surface area contributed by atoms with Crippen LogP contribution >= 0.6 is 0 Å². The summed E-state index contributed by atoms with van der Waals surface area (Å²) >= 11 is 0. The van der Waals surface area contributed by atoms with Crippen molar-refractivity contribution in [2.24, 2.45) is 0 Å². The van der Waals surface area contributed by atoms with Gasteiger partial charge in [-0.2, -0.15) is 0 Å². The summed E-state index contributed by atoms with van der Waals surface area (Å²) in [6.45, 7) is -1.01. The van der Waals surface area contributed by atoms with Crippen LogP contribution in [0.5, 0.6) is 0 Å². The van der Waals surface area contributed by atoms with E-state index in [1.165, 1.54) is 0 Å². The van der Waals surface area contributed by atoms with Gasteiger partial charge in [0.15, 0.2) is 12.0 Å². The van der Waals surface area contributed by atoms with Crippen molar-refractivity contribution in [3.05, 3.63) is 47.4 Å². The van der Waals surface area contributed by atoms with E-state index in [2.05, 4.69) is 5.32 Å². The van der Waals surface area contributed by atoms with E-state index in [9.17, 15) is 20.4 Å². The molecule has 7 nitrogen and oxygen atoms in total. The van der Waals surface area contributed by atoms with Gasteiger partial charge in [0.05, 0.1) is 19.2 Å². The molecule has 0 radical (unpaired) electrons. The Labute approximate surface area is 122 Å². The molecule has 7 heteroatoms. The molecule has 0 spiro atoms. The summed E-state index contributed by atoms with van der Waals surface area (Å²) in [5.41, 5.74) is 0.867. The van der Waals surface area contributed by atoms with Gasteiger partial charge in [-0.1, -0.05) is 30.3 Å². The molecule has 7 N–H and O–H groups in total. The molecule has 0 unspecified atom stereocenters. The lowest BCUT2D eigenvalue weighted by Crippen LogP contribution is -2.42. The predicted octanol–water partition coefficient (Wildman–Crippen LogP) is -0.821. The molecule has 0 fully saturated rings. The van der Waals surface area contributed by atoms with Crippen molar-refractivity contribution in [1.82, 2.24) is 5.32 Å². The summed E-state index contributed by atoms with van der Waals surface area (Å²) in [5.74, 6) is -1.33. The minimum Gasteiger partial charge on any atom is -0.507 e. The Kier molecular flexibility index (Phi) is 7.13. The third kappa shape index (κ3) is 5.70. The Morgan fingerprint density at radius 2 is 1.67 bits per heavy atom. The largest absolute Gasteiger partial charge is 0.507 e. The third-order valence-electron chi connectivity index (χ3n) is 2.97. The number of aliphatic hydroxyl groups is 6. The molecule has 1 aromatic rings. The third-order valence-corrected chi connectivity index (χ3v) is 2.97. The van der Waals surface area contributed by atoms with Gasteiger partial charge in [0.1, 0.15) is 11.9 Å². The van der Waals surface area contributed by atoms with Gasteiger partial charge in [0.25, 0.3) is 0 Å². The molecule has 0 heterocycles. The zero-order chi connectivity index (χ0) is 15.8. The number of rotatable bonds is 8. The normalized spacial score (nSPS) is 15.7. The molecule has 2 atom stereocenters. The fourth-order valence-electron chi connectivity index (χ4n) is 1.75. The minimum absolute atomic E-state index is 0.280. The first kappa shape index (κ1) is 17.4. The molecule has 0 aromatic heterocycles. The highest BCUT2D eigenvalue weighted by atomic mass is 16.5. The summed E-state index contributed by atoms with van der Waals surface area (Å²) < 4.78 is 0. The van der Waals surface area contributed by atoms with E-state index in [-0.39, 0.29) is 6.54 Å². The van der Waals surface area contributed by atoms with E-state index in [4.69, 9.17) is 10.2 Å². The predicted molar refractivity (Wildman–Crippen MR) is 75.5 cm³/mol. The Balaban J connectivity index is 2.64. The molecule has 21 heavy (non-hydrogen) atoms. The van der Waals surface area contributed by atoms with Crippen LogP contribution in [0.15, 0.2) is 41.9 Å². The van der Waals surface area contributed by atoms with Gasteiger partial charge in [-0.3, -0.25) is 0 Å². The fourth-order valence-corrected chi connectivity index (χ4v) is 1.75. The van der Waals surface area contributed by atoms with Crippen LogP contribution in [0.2, 0.25) is 0 Å². The monoisotopic (exact) mass is 299 g/mol. The van der Waals surface area contributed by atoms with Gasteiger partial charge in [-0.15, -0.1) is 0 Å². The van der Waals surface area contributed by atoms with Gasteiger partial charge in [0.2, 0.25) is 0 Å². The molecular formula is C14H21NO6. The molecule has 0 amide bonds. The smallest absolute Gasteiger partial charge is 0.167 e. The maximum absolute atomic E-state index is 9.55. The van der Waals surface area contributed by atoms with Crippen molar-refractivity contribution in [2.75, 3.05) is 13.2 Å². The first-order chi connectivity index (χ1) is 9.95. The standard InChI is InChI=1S/C14H21NO6/c16-8-12(18)13(19)11(17)7-15-10(14(20)21)6-9-4-2-1-3-5-9/h1-5,10,12,14-21H,6-8H2/b13-11+/t10-,12-/m1/s1. The van der Waals surface area contributed by atoms with Crippen molar-refractivity contribution >= 4 is 0 Å². The molecule has 1 aromatic carbocycles. The second-order valence-electron chi connectivity index (χ2n) is 4.62. The van der Waals surface area contributed by atoms with E-state index < -0.39 is 36.6 Å². The van der Waals surface area contributed by atoms with Crippen LogP contribution in [0.25, 0.3) is 0 Å². The van der Waals surface area contributed by atoms with Gasteiger partial charge in [0, 0.05) is 0 Å². The summed E-state index contributed by atoms with van der Waals surface area (Å²) in [4.78, 5) is 0. The highest BCUT2D eigenvalue weighted by Crippen LogP contribution is 2.07. The number of hydrogen-bond acceptors (Lipinski definition) is 7. The maximum Gasteiger partial charge on any atom is 0.167 e. The van der Waals surface area contributed by atoms with Crippen molar-refractivity contribution in [3.63, 3.8) is 0 Å². The molecule has 1 rings (SSSR count). The first-order valence-corrected chi connectivity index (χ1v) is 6.49. The molecule has 0 aliphatic rings. The fraction of sp³-hybridized carbons (Fsp3) is 0.429. The van der Waals surface area contributed by atoms with Crippen molar-refractivity contribution in [1.29, 1.82) is 0 Å². The molecule has 0 saturated heterocycles. The highest BCUT2D eigenvalue weighted by molar-refractivity contribution is 5.16. The van der Waals surface area contributed by atoms with E-state index in [0.717, 1.165) is 5.56 Å². The van der Waals surface area contributed by atoms with Gasteiger partial charge >= 0.3 is 0 Å². The summed E-state index contributed by atoms with van der Waals surface area (Å²) in [5, 5.41) is 58.1. The van der Waals surface area contributed by atoms with E-state index in [0.29, 0.717) is 6.42 Å². The van der Waals surface area contributed by atoms with Crippen molar-refractivity contribution < 1.29 is 30.6 Å². The van der Waals surface area contributed by atoms with Crippen LogP contribution in [0, 0.1) is 0 Å². The zero-order valence-electron chi connectivity index (χ0n) is 11.4. The zero-order valence-corrected chi connectivity index (χ0v) is 11.4. The Morgan fingerprint density at radius 1 is 1.05 bits per heavy atom. The average Bonchev–Trinajstić information content (AvgIpc) is 2.50. The molecule has 118 valence electrons. The van der Waals surface area contributed by atoms with Crippen LogP contribution in [-0.2, 0) is 6.42 Å². The molecular weight excluding hydrogens is 278 g/mol. The van der Waals surface area contributed by atoms with E-state index in [1.807, 2.05) is 30.3 Å². The average molecular weight is 299 g/mol. The molecule has 0 aliphatic carbocycles. The SMILES string of the molecule is OC[C@@H](O)/C(O)=C(\O)CN[C@H](Cc1ccccc1)C(O)O. The Hall–Kier alpha value is -1.64. The summed E-state index contributed by atoms with van der Waals surface area (Å²) in [6, 6.07) is 8.34. The summed E-state index contributed by atoms with van der Waals surface area (Å²) in [7, 11) is 0. The van der Waals surface area contributed by atoms with Crippen molar-refractivity contribution in [2.45, 2.75) is 24.9 Å². The second kappa shape index (κ2) is 8.60. The molecule has 0 saturated carbocycles. The van der Waals surface area contributed by atoms with Crippen LogP contribution in [-0.4, -0.2) is 62.2 Å². The lowest BCUT2D eigenvalue weighted by molar-refractivity contribution is -0.0666. The lowest BCUT2D eigenvalue weighted by atomic mass is 10.1. The number of aliphatic hydroxyl groups excluding tert-OH is 5. The van der Waals surface area contributed by atoms with Crippen LogP contribution in [0.4, 0.5) is 0 Å². The minimum atomic E-state index is -1.66. The topological polar surface area (TPSA) is 133 Å². The molecule has 0 bridgehead atoms. The lowest BCUT2D eigenvalue weighted by Gasteiger charge is -2.21. The molecule has 0 aliphatic heterocycles. The number of nitrogens with one attached hydrogen (secondary N) is 1. The van der Waals surface area contributed by atoms with Gasteiger partial charge in [-0.25, -0.2) is 0 Å². The number of benzene rings is 1. The number of hydrogen-bond donors (Lipinski definition) is 7. The van der Waals surface area contributed by atoms with Crippen LogP contribution in [0.1, 0.15) is 5.56 Å². The summed E-state index contributed by atoms with van der Waals surface area (Å²) in [6.07, 6.45) is -2.93. The van der Waals surface area contributed by atoms with E-state index >= 15 is 0 Å². The van der Waals surface area contributed by atoms with E-state index in [1.54, 1.807) is 0 Å². The Morgan fingerprint density at radius 3 is 2.19 bits per heavy atom. The van der Waals surface area contributed by atoms with Gasteiger partial charge < -0.3 is 36.0 Å². The highest BCUT2D eigenvalue weighted by Gasteiger charge is 2.19. The van der Waals surface area contributed by atoms with Crippen LogP contribution < -0.4 is 5.32 Å². The van der Waals surface area contributed by atoms with Gasteiger partial charge in [-0.05, 0) is 12.0 Å².